The highest BCUT2D eigenvalue weighted by molar-refractivity contribution is 6.74. The van der Waals surface area contributed by atoms with Gasteiger partial charge in [0.2, 0.25) is 0 Å². The average molecular weight is 388 g/mol. The lowest BCUT2D eigenvalue weighted by atomic mass is 9.90. The van der Waals surface area contributed by atoms with Gasteiger partial charge in [-0.25, -0.2) is 0 Å². The van der Waals surface area contributed by atoms with Gasteiger partial charge in [0.1, 0.15) is 0 Å². The Bertz CT molecular complexity index is 504. The molecule has 3 atom stereocenters. The van der Waals surface area contributed by atoms with Crippen LogP contribution in [0.5, 0.6) is 0 Å². The van der Waals surface area contributed by atoms with E-state index in [9.17, 15) is 5.11 Å². The van der Waals surface area contributed by atoms with Crippen molar-refractivity contribution in [1.82, 2.24) is 0 Å². The molecule has 0 heterocycles. The molecule has 0 amide bonds. The van der Waals surface area contributed by atoms with Crippen molar-refractivity contribution in [3.05, 3.63) is 11.6 Å². The summed E-state index contributed by atoms with van der Waals surface area (Å²) in [6.07, 6.45) is 2.81. The van der Waals surface area contributed by atoms with Crippen LogP contribution in [-0.2, 0) is 8.85 Å². The molecule has 0 aromatic heterocycles. The quantitative estimate of drug-likeness (QED) is 0.473. The standard InChI is InChI=1S/C20H42O3Si2/c1-19(2,3)24(7,8)22-17-13-16(11-12-21)14-18(15-17)23-25(9,10)20(4,5)6/h11,17-18,21H,12-15H2,1-10H3/t17-,18-/m1/s1/i13D/b16-11-/t13-,17-,18-. The third-order valence-corrected chi connectivity index (χ3v) is 15.3. The van der Waals surface area contributed by atoms with E-state index in [1.165, 1.54) is 0 Å². The van der Waals surface area contributed by atoms with Gasteiger partial charge in [-0.05, 0) is 55.5 Å². The molecule has 0 saturated heterocycles. The molecule has 25 heavy (non-hydrogen) atoms. The maximum atomic E-state index is 9.41. The molecular formula is C20H42O3Si2. The SMILES string of the molecule is [2H][C@@H]1/C(=C/CO)C[C@@H](O[Si](C)(C)C(C)(C)C)C[C@@H]1O[Si](C)(C)C(C)(C)C. The fraction of sp³-hybridized carbons (Fsp3) is 0.900. The number of aliphatic hydroxyl groups excluding tert-OH is 1. The summed E-state index contributed by atoms with van der Waals surface area (Å²) in [6.45, 7) is 22.5. The summed E-state index contributed by atoms with van der Waals surface area (Å²) in [4.78, 5) is 0. The van der Waals surface area contributed by atoms with E-state index in [1.54, 1.807) is 6.08 Å². The van der Waals surface area contributed by atoms with Gasteiger partial charge in [-0.3, -0.25) is 0 Å². The van der Waals surface area contributed by atoms with Crippen molar-refractivity contribution in [3.8, 4) is 0 Å². The van der Waals surface area contributed by atoms with Crippen molar-refractivity contribution in [2.75, 3.05) is 6.61 Å². The molecule has 0 radical (unpaired) electrons. The van der Waals surface area contributed by atoms with Gasteiger partial charge >= 0.3 is 0 Å². The molecule has 1 aliphatic carbocycles. The van der Waals surface area contributed by atoms with Gasteiger partial charge in [0.25, 0.3) is 0 Å². The molecule has 1 fully saturated rings. The van der Waals surface area contributed by atoms with Crippen LogP contribution in [0.25, 0.3) is 0 Å². The smallest absolute Gasteiger partial charge is 0.192 e. The molecule has 5 heteroatoms. The topological polar surface area (TPSA) is 38.7 Å². The monoisotopic (exact) mass is 387 g/mol. The summed E-state index contributed by atoms with van der Waals surface area (Å²) < 4.78 is 22.0. The lowest BCUT2D eigenvalue weighted by Gasteiger charge is -2.45. The number of hydrogen-bond donors (Lipinski definition) is 1. The van der Waals surface area contributed by atoms with Gasteiger partial charge in [0.15, 0.2) is 16.6 Å². The summed E-state index contributed by atoms with van der Waals surface area (Å²) in [5.74, 6) is 0. The molecular weight excluding hydrogens is 344 g/mol. The maximum absolute atomic E-state index is 9.41. The molecule has 0 aliphatic heterocycles. The van der Waals surface area contributed by atoms with Crippen molar-refractivity contribution in [2.24, 2.45) is 0 Å². The van der Waals surface area contributed by atoms with E-state index in [-0.39, 0.29) is 28.9 Å². The van der Waals surface area contributed by atoms with Crippen LogP contribution >= 0.6 is 0 Å². The van der Waals surface area contributed by atoms with E-state index < -0.39 is 23.0 Å². The van der Waals surface area contributed by atoms with E-state index in [2.05, 4.69) is 67.7 Å². The van der Waals surface area contributed by atoms with Crippen LogP contribution in [0.15, 0.2) is 11.6 Å². The van der Waals surface area contributed by atoms with Gasteiger partial charge < -0.3 is 14.0 Å². The highest BCUT2D eigenvalue weighted by Crippen LogP contribution is 2.42. The van der Waals surface area contributed by atoms with Gasteiger partial charge in [-0.15, -0.1) is 0 Å². The van der Waals surface area contributed by atoms with E-state index in [0.717, 1.165) is 18.4 Å². The van der Waals surface area contributed by atoms with Crippen LogP contribution in [0.2, 0.25) is 36.3 Å². The zero-order valence-electron chi connectivity index (χ0n) is 19.2. The number of aliphatic hydroxyl groups is 1. The first-order chi connectivity index (χ1) is 11.5. The fourth-order valence-electron chi connectivity index (χ4n) is 2.57. The van der Waals surface area contributed by atoms with Crippen LogP contribution in [0.1, 0.15) is 62.2 Å². The Morgan fingerprint density at radius 1 is 1.00 bits per heavy atom. The zero-order chi connectivity index (χ0) is 20.6. The van der Waals surface area contributed by atoms with Crippen LogP contribution in [-0.4, -0.2) is 40.6 Å². The van der Waals surface area contributed by atoms with Gasteiger partial charge in [-0.2, -0.15) is 0 Å². The molecule has 0 aromatic carbocycles. The third kappa shape index (κ3) is 6.31. The number of hydrogen-bond acceptors (Lipinski definition) is 3. The lowest BCUT2D eigenvalue weighted by Crippen LogP contribution is -2.48. The Kier molecular flexibility index (Phi) is 6.81. The fourth-order valence-corrected chi connectivity index (χ4v) is 5.21. The minimum Gasteiger partial charge on any atom is -0.414 e. The largest absolute Gasteiger partial charge is 0.414 e. The summed E-state index contributed by atoms with van der Waals surface area (Å²) in [5.41, 5.74) is 0.964. The first-order valence-electron chi connectivity index (χ1n) is 10.2. The molecule has 3 nitrogen and oxygen atoms in total. The Morgan fingerprint density at radius 2 is 1.44 bits per heavy atom. The molecule has 0 unspecified atom stereocenters. The Balaban J connectivity index is 3.06. The Hall–Kier alpha value is 0.0538. The number of rotatable bonds is 5. The van der Waals surface area contributed by atoms with Crippen LogP contribution in [0.4, 0.5) is 0 Å². The van der Waals surface area contributed by atoms with Crippen LogP contribution in [0, 0.1) is 0 Å². The van der Waals surface area contributed by atoms with Crippen molar-refractivity contribution >= 4 is 16.6 Å². The molecule has 0 bridgehead atoms. The average Bonchev–Trinajstić information content (AvgIpc) is 2.40. The van der Waals surface area contributed by atoms with Crippen molar-refractivity contribution in [2.45, 2.75) is 109 Å². The first kappa shape index (κ1) is 21.4. The molecule has 148 valence electrons. The third-order valence-electron chi connectivity index (χ3n) is 6.23. The van der Waals surface area contributed by atoms with Crippen molar-refractivity contribution in [3.63, 3.8) is 0 Å². The summed E-state index contributed by atoms with van der Waals surface area (Å²) >= 11 is 0. The van der Waals surface area contributed by atoms with Gasteiger partial charge in [0.05, 0.1) is 18.8 Å². The zero-order valence-corrected chi connectivity index (χ0v) is 20.2. The van der Waals surface area contributed by atoms with Gasteiger partial charge in [0, 0.05) is 1.37 Å². The minimum absolute atomic E-state index is 0.0235. The predicted molar refractivity (Wildman–Crippen MR) is 113 cm³/mol. The van der Waals surface area contributed by atoms with Crippen molar-refractivity contribution in [1.29, 1.82) is 0 Å². The maximum Gasteiger partial charge on any atom is 0.192 e. The second kappa shape index (κ2) is 7.97. The van der Waals surface area contributed by atoms with Crippen LogP contribution in [0.3, 0.4) is 0 Å². The Labute approximate surface area is 159 Å². The van der Waals surface area contributed by atoms with Crippen molar-refractivity contribution < 1.29 is 15.3 Å². The summed E-state index contributed by atoms with van der Waals surface area (Å²) in [7, 11) is -3.85. The first-order valence-corrected chi connectivity index (χ1v) is 15.4. The highest BCUT2D eigenvalue weighted by atomic mass is 28.4. The van der Waals surface area contributed by atoms with E-state index in [0.29, 0.717) is 0 Å². The van der Waals surface area contributed by atoms with E-state index >= 15 is 0 Å². The molecule has 0 aromatic rings. The lowest BCUT2D eigenvalue weighted by molar-refractivity contribution is 0.0722. The molecule has 1 N–H and O–H groups in total. The second-order valence-electron chi connectivity index (χ2n) is 10.5. The van der Waals surface area contributed by atoms with Gasteiger partial charge in [-0.1, -0.05) is 53.2 Å². The molecule has 1 rings (SSSR count). The molecule has 0 spiro atoms. The molecule has 1 aliphatic rings. The van der Waals surface area contributed by atoms with E-state index in [4.69, 9.17) is 10.2 Å². The second-order valence-corrected chi connectivity index (χ2v) is 20.0. The van der Waals surface area contributed by atoms with E-state index in [1.807, 2.05) is 0 Å². The predicted octanol–water partition coefficient (Wildman–Crippen LogP) is 5.87. The highest BCUT2D eigenvalue weighted by Gasteiger charge is 2.43. The Morgan fingerprint density at radius 3 is 1.84 bits per heavy atom. The summed E-state index contributed by atoms with van der Waals surface area (Å²) in [6, 6.07) is 0. The molecule has 1 saturated carbocycles. The summed E-state index contributed by atoms with van der Waals surface area (Å²) in [5, 5.41) is 9.67. The van der Waals surface area contributed by atoms with Crippen LogP contribution < -0.4 is 0 Å². The minimum atomic E-state index is -1.97. The normalized spacial score (nSPS) is 29.0.